The van der Waals surface area contributed by atoms with Gasteiger partial charge < -0.3 is 14.9 Å². The first-order valence-electron chi connectivity index (χ1n) is 22.5. The predicted molar refractivity (Wildman–Crippen MR) is 223 cm³/mol. The molecule has 0 amide bonds. The summed E-state index contributed by atoms with van der Waals surface area (Å²) in [6.45, 7) is 13.6. The molecular weight excluding hydrogens is 597 g/mol. The monoisotopic (exact) mass is 685 g/mol. The molecule has 0 saturated carbocycles. The van der Waals surface area contributed by atoms with Crippen molar-refractivity contribution in [2.24, 2.45) is 0 Å². The van der Waals surface area contributed by atoms with Crippen molar-refractivity contribution < 1.29 is 5.11 Å². The van der Waals surface area contributed by atoms with Crippen molar-refractivity contribution in [1.29, 1.82) is 0 Å². The smallest absolute Gasteiger partial charge is 0.141 e. The lowest BCUT2D eigenvalue weighted by atomic mass is 10.1. The molecule has 1 N–H and O–H groups in total. The van der Waals surface area contributed by atoms with Crippen molar-refractivity contribution in [3.63, 3.8) is 0 Å². The summed E-state index contributed by atoms with van der Waals surface area (Å²) in [6, 6.07) is 6.39. The van der Waals surface area contributed by atoms with Crippen LogP contribution in [0, 0.1) is 0 Å². The van der Waals surface area contributed by atoms with E-state index in [1.165, 1.54) is 211 Å². The molecular formula is C46H88N2O. The van der Waals surface area contributed by atoms with E-state index in [1.54, 1.807) is 0 Å². The summed E-state index contributed by atoms with van der Waals surface area (Å²) >= 11 is 0. The van der Waals surface area contributed by atoms with E-state index in [0.29, 0.717) is 5.75 Å². The lowest BCUT2D eigenvalue weighted by Crippen LogP contribution is -2.31. The van der Waals surface area contributed by atoms with Crippen LogP contribution in [0.15, 0.2) is 18.2 Å². The highest BCUT2D eigenvalue weighted by Crippen LogP contribution is 2.39. The fourth-order valence-corrected chi connectivity index (χ4v) is 7.53. The first-order chi connectivity index (χ1) is 24.2. The Hall–Kier alpha value is -1.38. The molecule has 0 fully saturated rings. The molecule has 288 valence electrons. The minimum absolute atomic E-state index is 0.494. The van der Waals surface area contributed by atoms with Gasteiger partial charge in [0, 0.05) is 26.2 Å². The van der Waals surface area contributed by atoms with E-state index in [2.05, 4.69) is 49.6 Å². The van der Waals surface area contributed by atoms with Gasteiger partial charge in [0.2, 0.25) is 0 Å². The average molecular weight is 685 g/mol. The third kappa shape index (κ3) is 25.3. The molecule has 0 aliphatic carbocycles. The summed E-state index contributed by atoms with van der Waals surface area (Å²) in [4.78, 5) is 5.28. The number of para-hydroxylation sites is 1. The van der Waals surface area contributed by atoms with Crippen LogP contribution in [-0.4, -0.2) is 31.3 Å². The third-order valence-corrected chi connectivity index (χ3v) is 10.8. The minimum atomic E-state index is 0.494. The molecule has 0 heterocycles. The second kappa shape index (κ2) is 35.0. The van der Waals surface area contributed by atoms with E-state index >= 15 is 0 Å². The second-order valence-electron chi connectivity index (χ2n) is 15.5. The van der Waals surface area contributed by atoms with Gasteiger partial charge in [0.25, 0.3) is 0 Å². The van der Waals surface area contributed by atoms with Gasteiger partial charge in [-0.15, -0.1) is 0 Å². The zero-order valence-electron chi connectivity index (χ0n) is 34.0. The van der Waals surface area contributed by atoms with Crippen LogP contribution in [0.3, 0.4) is 0 Å². The highest BCUT2D eigenvalue weighted by Gasteiger charge is 2.20. The van der Waals surface area contributed by atoms with Crippen molar-refractivity contribution in [3.05, 3.63) is 18.2 Å². The van der Waals surface area contributed by atoms with Crippen LogP contribution < -0.4 is 9.80 Å². The Morgan fingerprint density at radius 2 is 0.612 bits per heavy atom. The number of unbranched alkanes of at least 4 members (excludes halogenated alkanes) is 28. The molecule has 0 aromatic heterocycles. The molecule has 0 aliphatic rings. The van der Waals surface area contributed by atoms with Gasteiger partial charge in [-0.05, 0) is 37.8 Å². The predicted octanol–water partition coefficient (Wildman–Crippen LogP) is 15.6. The fraction of sp³-hybridized carbons (Fsp3) is 0.870. The molecule has 3 heteroatoms. The maximum absolute atomic E-state index is 11.5. The summed E-state index contributed by atoms with van der Waals surface area (Å²) in [5.74, 6) is 0.494. The Bertz CT molecular complexity index is 770. The first-order valence-corrected chi connectivity index (χ1v) is 22.5. The second-order valence-corrected chi connectivity index (χ2v) is 15.5. The van der Waals surface area contributed by atoms with E-state index in [9.17, 15) is 5.11 Å². The normalized spacial score (nSPS) is 11.4. The Morgan fingerprint density at radius 3 is 0.918 bits per heavy atom. The van der Waals surface area contributed by atoms with Gasteiger partial charge in [-0.1, -0.05) is 214 Å². The number of benzene rings is 1. The lowest BCUT2D eigenvalue weighted by Gasteiger charge is -2.33. The number of phenols is 1. The van der Waals surface area contributed by atoms with E-state index < -0.39 is 0 Å². The molecule has 0 unspecified atom stereocenters. The number of nitrogens with zero attached hydrogens (tertiary/aromatic N) is 2. The van der Waals surface area contributed by atoms with E-state index in [0.717, 1.165) is 31.9 Å². The zero-order chi connectivity index (χ0) is 35.5. The van der Waals surface area contributed by atoms with Gasteiger partial charge >= 0.3 is 0 Å². The largest absolute Gasteiger partial charge is 0.506 e. The SMILES string of the molecule is CCCCCCCCCCN(CCCCCCCCCC)c1cccc(O)c1N(CCCCCCCCCC)CCCCCCCCCC. The van der Waals surface area contributed by atoms with Crippen molar-refractivity contribution >= 4 is 11.4 Å². The standard InChI is InChI=1S/C46H88N2O/c1-5-9-13-17-21-25-29-33-40-47(41-34-30-26-22-18-14-10-6-2)44-38-37-39-45(49)46(44)48(42-35-31-27-23-19-15-11-7-3)43-36-32-28-24-20-16-12-8-4/h37-39,49H,5-36,40-43H2,1-4H3. The Labute approximate surface area is 308 Å². The number of rotatable bonds is 38. The number of anilines is 2. The van der Waals surface area contributed by atoms with Crippen LogP contribution in [0.5, 0.6) is 5.75 Å². The maximum atomic E-state index is 11.5. The fourth-order valence-electron chi connectivity index (χ4n) is 7.53. The summed E-state index contributed by atoms with van der Waals surface area (Å²) < 4.78 is 0. The summed E-state index contributed by atoms with van der Waals surface area (Å²) in [6.07, 6.45) is 43.3. The molecule has 0 spiro atoms. The van der Waals surface area contributed by atoms with Crippen molar-refractivity contribution in [1.82, 2.24) is 0 Å². The number of phenolic OH excluding ortho intramolecular Hbond substituents is 1. The molecule has 0 saturated heterocycles. The van der Waals surface area contributed by atoms with Crippen molar-refractivity contribution in [2.75, 3.05) is 36.0 Å². The van der Waals surface area contributed by atoms with Gasteiger partial charge in [0.05, 0.1) is 5.69 Å². The Kier molecular flexibility index (Phi) is 32.6. The molecule has 0 aliphatic heterocycles. The highest BCUT2D eigenvalue weighted by molar-refractivity contribution is 5.77. The Balaban J connectivity index is 2.95. The number of hydrogen-bond donors (Lipinski definition) is 1. The Morgan fingerprint density at radius 1 is 0.347 bits per heavy atom. The maximum Gasteiger partial charge on any atom is 0.141 e. The van der Waals surface area contributed by atoms with Gasteiger partial charge in [-0.3, -0.25) is 0 Å². The van der Waals surface area contributed by atoms with Gasteiger partial charge in [-0.2, -0.15) is 0 Å². The quantitative estimate of drug-likeness (QED) is 0.0702. The molecule has 49 heavy (non-hydrogen) atoms. The molecule has 0 bridgehead atoms. The minimum Gasteiger partial charge on any atom is -0.506 e. The van der Waals surface area contributed by atoms with Crippen LogP contribution in [-0.2, 0) is 0 Å². The van der Waals surface area contributed by atoms with E-state index in [4.69, 9.17) is 0 Å². The summed E-state index contributed by atoms with van der Waals surface area (Å²) in [5.41, 5.74) is 2.43. The number of aromatic hydroxyl groups is 1. The average Bonchev–Trinajstić information content (AvgIpc) is 3.11. The highest BCUT2D eigenvalue weighted by atomic mass is 16.3. The van der Waals surface area contributed by atoms with Crippen LogP contribution in [0.2, 0.25) is 0 Å². The van der Waals surface area contributed by atoms with Crippen molar-refractivity contribution in [3.8, 4) is 5.75 Å². The van der Waals surface area contributed by atoms with Crippen LogP contribution in [0.1, 0.15) is 233 Å². The van der Waals surface area contributed by atoms with E-state index in [-0.39, 0.29) is 0 Å². The molecule has 0 radical (unpaired) electrons. The molecule has 1 aromatic rings. The van der Waals surface area contributed by atoms with Gasteiger partial charge in [0.15, 0.2) is 0 Å². The van der Waals surface area contributed by atoms with Gasteiger partial charge in [-0.25, -0.2) is 0 Å². The topological polar surface area (TPSA) is 26.7 Å². The third-order valence-electron chi connectivity index (χ3n) is 10.8. The van der Waals surface area contributed by atoms with Gasteiger partial charge in [0.1, 0.15) is 11.4 Å². The van der Waals surface area contributed by atoms with Crippen LogP contribution in [0.25, 0.3) is 0 Å². The molecule has 3 nitrogen and oxygen atoms in total. The molecule has 1 aromatic carbocycles. The van der Waals surface area contributed by atoms with Crippen LogP contribution >= 0.6 is 0 Å². The summed E-state index contributed by atoms with van der Waals surface area (Å²) in [7, 11) is 0. The number of hydrogen-bond acceptors (Lipinski definition) is 3. The van der Waals surface area contributed by atoms with Crippen LogP contribution in [0.4, 0.5) is 11.4 Å². The molecule has 1 rings (SSSR count). The lowest BCUT2D eigenvalue weighted by molar-refractivity contribution is 0.471. The van der Waals surface area contributed by atoms with E-state index in [1.807, 2.05) is 6.07 Å². The zero-order valence-corrected chi connectivity index (χ0v) is 34.0. The molecule has 0 atom stereocenters. The summed E-state index contributed by atoms with van der Waals surface area (Å²) in [5, 5.41) is 11.5. The van der Waals surface area contributed by atoms with Crippen molar-refractivity contribution in [2.45, 2.75) is 233 Å². The first kappa shape index (κ1) is 45.6.